The number of carbonyl (C=O) groups excluding carboxylic acids is 2. The molecule has 1 aromatic carbocycles. The van der Waals surface area contributed by atoms with Crippen molar-refractivity contribution in [2.75, 3.05) is 6.61 Å². The van der Waals surface area contributed by atoms with E-state index in [0.29, 0.717) is 22.2 Å². The van der Waals surface area contributed by atoms with Gasteiger partial charge in [0, 0.05) is 17.0 Å². The molecule has 2 unspecified atom stereocenters. The van der Waals surface area contributed by atoms with Gasteiger partial charge in [0.05, 0.1) is 21.7 Å². The zero-order chi connectivity index (χ0) is 17.9. The van der Waals surface area contributed by atoms with Gasteiger partial charge in [-0.15, -0.1) is 0 Å². The first-order chi connectivity index (χ1) is 11.8. The van der Waals surface area contributed by atoms with Crippen LogP contribution in [0.3, 0.4) is 0 Å². The predicted octanol–water partition coefficient (Wildman–Crippen LogP) is 3.94. The number of carbonyl (C=O) groups is 2. The Morgan fingerprint density at radius 2 is 2.04 bits per heavy atom. The number of rotatable bonds is 1. The summed E-state index contributed by atoms with van der Waals surface area (Å²) >= 11 is 3.20. The maximum Gasteiger partial charge on any atom is 0.337 e. The fourth-order valence-corrected chi connectivity index (χ4v) is 4.37. The molecule has 25 heavy (non-hydrogen) atoms. The van der Waals surface area contributed by atoms with Crippen LogP contribution in [0.4, 0.5) is 4.39 Å². The summed E-state index contributed by atoms with van der Waals surface area (Å²) in [6, 6.07) is 4.64. The molecule has 1 saturated carbocycles. The maximum absolute atomic E-state index is 13.7. The van der Waals surface area contributed by atoms with Gasteiger partial charge in [-0.05, 0) is 46.5 Å². The summed E-state index contributed by atoms with van der Waals surface area (Å²) in [7, 11) is 0. The highest BCUT2D eigenvalue weighted by atomic mass is 79.9. The number of ether oxygens (including phenoxy) is 1. The van der Waals surface area contributed by atoms with Crippen LogP contribution in [0.25, 0.3) is 0 Å². The van der Waals surface area contributed by atoms with Gasteiger partial charge in [0.2, 0.25) is 0 Å². The minimum absolute atomic E-state index is 0.0780. The van der Waals surface area contributed by atoms with E-state index in [1.165, 1.54) is 6.07 Å². The van der Waals surface area contributed by atoms with E-state index < -0.39 is 23.2 Å². The second kappa shape index (κ2) is 5.59. The highest BCUT2D eigenvalue weighted by molar-refractivity contribution is 9.10. The van der Waals surface area contributed by atoms with Gasteiger partial charge in [-0.25, -0.2) is 9.18 Å². The fraction of sp³-hybridized carbons (Fsp3) is 0.421. The molecule has 2 atom stereocenters. The molecular formula is C19H17BrFNO3. The topological polar surface area (TPSA) is 55.7 Å². The fourth-order valence-electron chi connectivity index (χ4n) is 3.97. The van der Waals surface area contributed by atoms with E-state index in [-0.39, 0.29) is 18.2 Å². The van der Waals surface area contributed by atoms with E-state index >= 15 is 0 Å². The highest BCUT2D eigenvalue weighted by Crippen LogP contribution is 2.48. The molecule has 3 aliphatic rings. The molecule has 4 nitrogen and oxygen atoms in total. The summed E-state index contributed by atoms with van der Waals surface area (Å²) in [4.78, 5) is 30.1. The van der Waals surface area contributed by atoms with Crippen molar-refractivity contribution >= 4 is 33.4 Å². The van der Waals surface area contributed by atoms with Crippen LogP contribution in [-0.2, 0) is 14.3 Å². The summed E-state index contributed by atoms with van der Waals surface area (Å²) in [5.74, 6) is -1.70. The van der Waals surface area contributed by atoms with Crippen molar-refractivity contribution in [1.82, 2.24) is 0 Å². The van der Waals surface area contributed by atoms with Gasteiger partial charge in [-0.2, -0.15) is 0 Å². The molecule has 0 bridgehead atoms. The van der Waals surface area contributed by atoms with Crippen LogP contribution in [0.1, 0.15) is 38.2 Å². The molecule has 0 N–H and O–H groups in total. The number of nitrogens with zero attached hydrogens (tertiary/aromatic N) is 1. The van der Waals surface area contributed by atoms with Crippen LogP contribution in [0.5, 0.6) is 0 Å². The molecule has 0 aromatic heterocycles. The van der Waals surface area contributed by atoms with Gasteiger partial charge in [-0.1, -0.05) is 19.9 Å². The summed E-state index contributed by atoms with van der Waals surface area (Å²) in [6.07, 6.45) is 1.45. The van der Waals surface area contributed by atoms with Crippen LogP contribution in [-0.4, -0.2) is 24.1 Å². The molecule has 1 aromatic rings. The summed E-state index contributed by atoms with van der Waals surface area (Å²) in [6.45, 7) is 4.00. The first-order valence-electron chi connectivity index (χ1n) is 8.26. The molecule has 0 spiro atoms. The number of benzene rings is 1. The number of esters is 1. The Morgan fingerprint density at radius 1 is 1.28 bits per heavy atom. The van der Waals surface area contributed by atoms with E-state index in [0.717, 1.165) is 17.7 Å². The standard InChI is InChI=1S/C19H17BrFNO3/c1-19(2)6-5-12-15(17(19)23)14(9-3-4-11(21)10(20)7-9)16-13(22-12)8-25-18(16)24/h3-4,7,14-15H,5-6,8H2,1-2H3. The lowest BCUT2D eigenvalue weighted by Crippen LogP contribution is -2.46. The van der Waals surface area contributed by atoms with Crippen LogP contribution in [0.15, 0.2) is 38.9 Å². The minimum Gasteiger partial charge on any atom is -0.456 e. The largest absolute Gasteiger partial charge is 0.456 e. The molecule has 2 heterocycles. The molecule has 0 radical (unpaired) electrons. The predicted molar refractivity (Wildman–Crippen MR) is 93.8 cm³/mol. The molecular weight excluding hydrogens is 389 g/mol. The van der Waals surface area contributed by atoms with Crippen molar-refractivity contribution in [2.45, 2.75) is 32.6 Å². The maximum atomic E-state index is 13.7. The average Bonchev–Trinajstić information content (AvgIpc) is 2.93. The second-order valence-electron chi connectivity index (χ2n) is 7.42. The molecule has 0 amide bonds. The van der Waals surface area contributed by atoms with Crippen LogP contribution in [0.2, 0.25) is 0 Å². The molecule has 1 aliphatic carbocycles. The third kappa shape index (κ3) is 2.49. The van der Waals surface area contributed by atoms with Crippen molar-refractivity contribution in [1.29, 1.82) is 0 Å². The number of ketones is 1. The first kappa shape index (κ1) is 16.6. The number of aliphatic imine (C=N–C) groups is 1. The van der Waals surface area contributed by atoms with Gasteiger partial charge < -0.3 is 4.74 Å². The Morgan fingerprint density at radius 3 is 2.76 bits per heavy atom. The van der Waals surface area contributed by atoms with E-state index in [1.807, 2.05) is 13.8 Å². The lowest BCUT2D eigenvalue weighted by molar-refractivity contribution is -0.136. The average molecular weight is 406 g/mol. The minimum atomic E-state index is -0.495. The van der Waals surface area contributed by atoms with Crippen molar-refractivity contribution in [3.63, 3.8) is 0 Å². The van der Waals surface area contributed by atoms with Crippen LogP contribution in [0, 0.1) is 17.2 Å². The normalized spacial score (nSPS) is 27.6. The SMILES string of the molecule is CC1(C)CCC2=NC3=C(C(=O)OC3)C(c3ccc(F)c(Br)c3)C2C1=O. The number of Topliss-reactive ketones (excluding diaryl/α,β-unsaturated/α-hetero) is 1. The number of hydrogen-bond donors (Lipinski definition) is 0. The Bertz CT molecular complexity index is 871. The molecule has 2 aliphatic heterocycles. The van der Waals surface area contributed by atoms with Gasteiger partial charge in [0.25, 0.3) is 0 Å². The van der Waals surface area contributed by atoms with Crippen molar-refractivity contribution in [3.8, 4) is 0 Å². The van der Waals surface area contributed by atoms with Gasteiger partial charge in [0.1, 0.15) is 18.2 Å². The Kier molecular flexibility index (Phi) is 3.72. The molecule has 130 valence electrons. The molecule has 4 rings (SSSR count). The summed E-state index contributed by atoms with van der Waals surface area (Å²) < 4.78 is 19.2. The van der Waals surface area contributed by atoms with Crippen LogP contribution < -0.4 is 0 Å². The lowest BCUT2D eigenvalue weighted by Gasteiger charge is -2.40. The lowest BCUT2D eigenvalue weighted by atomic mass is 9.62. The van der Waals surface area contributed by atoms with E-state index in [1.54, 1.807) is 12.1 Å². The highest BCUT2D eigenvalue weighted by Gasteiger charge is 2.51. The zero-order valence-corrected chi connectivity index (χ0v) is 15.5. The molecule has 6 heteroatoms. The Hall–Kier alpha value is -1.82. The zero-order valence-electron chi connectivity index (χ0n) is 13.9. The number of cyclic esters (lactones) is 1. The summed E-state index contributed by atoms with van der Waals surface area (Å²) in [5.41, 5.74) is 2.11. The van der Waals surface area contributed by atoms with Crippen molar-refractivity contribution in [2.24, 2.45) is 16.3 Å². The smallest absolute Gasteiger partial charge is 0.337 e. The second-order valence-corrected chi connectivity index (χ2v) is 8.27. The monoisotopic (exact) mass is 405 g/mol. The molecule has 0 saturated heterocycles. The molecule has 1 fully saturated rings. The number of hydrogen-bond acceptors (Lipinski definition) is 4. The quantitative estimate of drug-likeness (QED) is 0.664. The van der Waals surface area contributed by atoms with Gasteiger partial charge in [-0.3, -0.25) is 9.79 Å². The Labute approximate surface area is 153 Å². The van der Waals surface area contributed by atoms with Crippen LogP contribution >= 0.6 is 15.9 Å². The number of fused-ring (bicyclic) bond motifs is 1. The third-order valence-electron chi connectivity index (χ3n) is 5.41. The van der Waals surface area contributed by atoms with Crippen molar-refractivity contribution < 1.29 is 18.7 Å². The number of halogens is 2. The Balaban J connectivity index is 1.90. The first-order valence-corrected chi connectivity index (χ1v) is 9.06. The van der Waals surface area contributed by atoms with E-state index in [2.05, 4.69) is 20.9 Å². The summed E-state index contributed by atoms with van der Waals surface area (Å²) in [5, 5.41) is 0. The van der Waals surface area contributed by atoms with Gasteiger partial charge >= 0.3 is 5.97 Å². The third-order valence-corrected chi connectivity index (χ3v) is 6.02. The van der Waals surface area contributed by atoms with E-state index in [9.17, 15) is 14.0 Å². The van der Waals surface area contributed by atoms with Crippen molar-refractivity contribution in [3.05, 3.63) is 45.3 Å². The van der Waals surface area contributed by atoms with Gasteiger partial charge in [0.15, 0.2) is 0 Å². The van der Waals surface area contributed by atoms with E-state index in [4.69, 9.17) is 4.74 Å².